The van der Waals surface area contributed by atoms with Gasteiger partial charge in [0, 0.05) is 19.2 Å². The number of hydrogen-bond donors (Lipinski definition) is 1. The van der Waals surface area contributed by atoms with E-state index in [9.17, 15) is 18.0 Å². The molecule has 3 aromatic rings. The van der Waals surface area contributed by atoms with Crippen molar-refractivity contribution in [2.24, 2.45) is 0 Å². The number of anilines is 1. The molecule has 1 aliphatic heterocycles. The second kappa shape index (κ2) is 9.41. The van der Waals surface area contributed by atoms with E-state index in [1.807, 2.05) is 0 Å². The van der Waals surface area contributed by atoms with Crippen molar-refractivity contribution in [1.82, 2.24) is 9.47 Å². The molecule has 0 aliphatic carbocycles. The summed E-state index contributed by atoms with van der Waals surface area (Å²) in [7, 11) is -1.07. The number of carbonyl (C=O) groups is 1. The Bertz CT molecular complexity index is 1340. The topological polar surface area (TPSA) is 116 Å². The Morgan fingerprint density at radius 2 is 1.88 bits per heavy atom. The Kier molecular flexibility index (Phi) is 6.58. The number of rotatable bonds is 7. The molecule has 176 valence electrons. The first-order valence-electron chi connectivity index (χ1n) is 10.1. The number of aromatic nitrogens is 1. The summed E-state index contributed by atoms with van der Waals surface area (Å²) in [6.07, 6.45) is 0. The van der Waals surface area contributed by atoms with Crippen molar-refractivity contribution in [2.75, 3.05) is 45.2 Å². The van der Waals surface area contributed by atoms with Gasteiger partial charge in [-0.15, -0.1) is 0 Å². The minimum absolute atomic E-state index is 0.0206. The van der Waals surface area contributed by atoms with E-state index in [-0.39, 0.29) is 27.9 Å². The van der Waals surface area contributed by atoms with Crippen LogP contribution >= 0.6 is 11.3 Å². The fourth-order valence-electron chi connectivity index (χ4n) is 3.51. The zero-order valence-corrected chi connectivity index (χ0v) is 19.7. The zero-order valence-electron chi connectivity index (χ0n) is 18.1. The Morgan fingerprint density at radius 1 is 1.12 bits per heavy atom. The maximum atomic E-state index is 13.0. The third-order valence-electron chi connectivity index (χ3n) is 5.26. The Labute approximate surface area is 194 Å². The van der Waals surface area contributed by atoms with Crippen molar-refractivity contribution >= 4 is 43.2 Å². The van der Waals surface area contributed by atoms with Crippen LogP contribution in [0.4, 0.5) is 5.69 Å². The van der Waals surface area contributed by atoms with Crippen LogP contribution in [0.3, 0.4) is 0 Å². The number of ether oxygens (including phenoxy) is 3. The van der Waals surface area contributed by atoms with Crippen LogP contribution in [-0.4, -0.2) is 64.3 Å². The van der Waals surface area contributed by atoms with Gasteiger partial charge in [-0.3, -0.25) is 18.9 Å². The molecule has 1 aromatic heterocycles. The van der Waals surface area contributed by atoms with Crippen molar-refractivity contribution in [3.05, 3.63) is 46.1 Å². The molecule has 1 aliphatic rings. The van der Waals surface area contributed by atoms with Gasteiger partial charge < -0.3 is 19.1 Å². The Hall–Kier alpha value is -3.09. The van der Waals surface area contributed by atoms with Gasteiger partial charge in [-0.1, -0.05) is 11.3 Å². The lowest BCUT2D eigenvalue weighted by atomic mass is 10.3. The Morgan fingerprint density at radius 3 is 2.58 bits per heavy atom. The standard InChI is InChI=1S/C21H23N3O7S2/c1-29-14-3-6-18(30-2)16(11-14)22-33(27,28)15-4-5-17-19(12-15)32-21(26)24(17)13-20(25)23-7-9-31-10-8-23/h3-6,11-12,22H,7-10,13H2,1-2H3. The molecule has 2 aromatic carbocycles. The second-order valence-corrected chi connectivity index (χ2v) is 9.92. The molecule has 1 amide bonds. The fourth-order valence-corrected chi connectivity index (χ4v) is 5.60. The highest BCUT2D eigenvalue weighted by Crippen LogP contribution is 2.31. The van der Waals surface area contributed by atoms with Crippen LogP contribution in [0.1, 0.15) is 0 Å². The Balaban J connectivity index is 1.62. The van der Waals surface area contributed by atoms with E-state index in [4.69, 9.17) is 14.2 Å². The minimum atomic E-state index is -3.99. The van der Waals surface area contributed by atoms with Crippen LogP contribution < -0.4 is 19.1 Å². The van der Waals surface area contributed by atoms with Crippen molar-refractivity contribution in [3.8, 4) is 11.5 Å². The monoisotopic (exact) mass is 493 g/mol. The first kappa shape index (κ1) is 23.1. The lowest BCUT2D eigenvalue weighted by molar-refractivity contribution is -0.135. The molecule has 4 rings (SSSR count). The molecule has 2 heterocycles. The number of hydrogen-bond acceptors (Lipinski definition) is 8. The third-order valence-corrected chi connectivity index (χ3v) is 7.56. The van der Waals surface area contributed by atoms with E-state index in [1.54, 1.807) is 17.0 Å². The molecule has 0 spiro atoms. The number of methoxy groups -OCH3 is 2. The number of fused-ring (bicyclic) bond motifs is 1. The fraction of sp³-hybridized carbons (Fsp3) is 0.333. The van der Waals surface area contributed by atoms with Gasteiger partial charge in [-0.25, -0.2) is 8.42 Å². The lowest BCUT2D eigenvalue weighted by Crippen LogP contribution is -2.43. The van der Waals surface area contributed by atoms with Gasteiger partial charge in [0.1, 0.15) is 18.0 Å². The SMILES string of the molecule is COc1ccc(OC)c(NS(=O)(=O)c2ccc3c(c2)sc(=O)n3CC(=O)N2CCOCC2)c1. The van der Waals surface area contributed by atoms with Crippen molar-refractivity contribution in [2.45, 2.75) is 11.4 Å². The second-order valence-electron chi connectivity index (χ2n) is 7.25. The molecule has 1 N–H and O–H groups in total. The number of morpholine rings is 1. The quantitative estimate of drug-likeness (QED) is 0.533. The van der Waals surface area contributed by atoms with E-state index in [1.165, 1.54) is 43.1 Å². The van der Waals surface area contributed by atoms with E-state index in [0.29, 0.717) is 48.0 Å². The highest BCUT2D eigenvalue weighted by molar-refractivity contribution is 7.92. The van der Waals surface area contributed by atoms with E-state index < -0.39 is 10.0 Å². The highest BCUT2D eigenvalue weighted by Gasteiger charge is 2.22. The molecular weight excluding hydrogens is 470 g/mol. The summed E-state index contributed by atoms with van der Waals surface area (Å²) in [5.74, 6) is 0.616. The third kappa shape index (κ3) is 4.82. The summed E-state index contributed by atoms with van der Waals surface area (Å²) >= 11 is 0.893. The number of nitrogens with zero attached hydrogens (tertiary/aromatic N) is 2. The number of nitrogens with one attached hydrogen (secondary N) is 1. The van der Waals surface area contributed by atoms with Crippen molar-refractivity contribution < 1.29 is 27.4 Å². The molecule has 33 heavy (non-hydrogen) atoms. The molecule has 0 unspecified atom stereocenters. The first-order valence-corrected chi connectivity index (χ1v) is 12.4. The summed E-state index contributed by atoms with van der Waals surface area (Å²) in [5.41, 5.74) is 0.725. The highest BCUT2D eigenvalue weighted by atomic mass is 32.2. The normalized spacial score (nSPS) is 14.3. The van der Waals surface area contributed by atoms with E-state index in [0.717, 1.165) is 11.3 Å². The van der Waals surface area contributed by atoms with Crippen molar-refractivity contribution in [1.29, 1.82) is 0 Å². The molecule has 1 saturated heterocycles. The van der Waals surface area contributed by atoms with E-state index in [2.05, 4.69) is 4.72 Å². The van der Waals surface area contributed by atoms with Gasteiger partial charge in [0.05, 0.1) is 48.2 Å². The summed E-state index contributed by atoms with van der Waals surface area (Å²) in [6, 6.07) is 9.13. The number of amides is 1. The molecule has 10 nitrogen and oxygen atoms in total. The molecule has 0 radical (unpaired) electrons. The van der Waals surface area contributed by atoms with Crippen LogP contribution in [0, 0.1) is 0 Å². The van der Waals surface area contributed by atoms with Crippen LogP contribution in [0.15, 0.2) is 46.1 Å². The zero-order chi connectivity index (χ0) is 23.6. The predicted octanol–water partition coefficient (Wildman–Crippen LogP) is 1.74. The van der Waals surface area contributed by atoms with Gasteiger partial charge in [-0.2, -0.15) is 0 Å². The molecule has 1 fully saturated rings. The molecule has 0 saturated carbocycles. The van der Waals surface area contributed by atoms with Crippen molar-refractivity contribution in [3.63, 3.8) is 0 Å². The average molecular weight is 494 g/mol. The van der Waals surface area contributed by atoms with Crippen LogP contribution in [0.25, 0.3) is 10.2 Å². The molecule has 0 bridgehead atoms. The summed E-state index contributed by atoms with van der Waals surface area (Å²) in [6.45, 7) is 1.80. The lowest BCUT2D eigenvalue weighted by Gasteiger charge is -2.26. The van der Waals surface area contributed by atoms with Crippen LogP contribution in [0.2, 0.25) is 0 Å². The first-order chi connectivity index (χ1) is 15.8. The average Bonchev–Trinajstić information content (AvgIpc) is 3.13. The molecule has 12 heteroatoms. The number of benzene rings is 2. The van der Waals surface area contributed by atoms with Gasteiger partial charge in [0.2, 0.25) is 5.91 Å². The number of sulfonamides is 1. The number of carbonyl (C=O) groups excluding carboxylic acids is 1. The maximum Gasteiger partial charge on any atom is 0.308 e. The summed E-state index contributed by atoms with van der Waals surface area (Å²) in [5, 5.41) is 0. The number of thiazole rings is 1. The van der Waals surface area contributed by atoms with Gasteiger partial charge >= 0.3 is 4.87 Å². The smallest absolute Gasteiger partial charge is 0.308 e. The molecule has 0 atom stereocenters. The van der Waals surface area contributed by atoms with Crippen LogP contribution in [0.5, 0.6) is 11.5 Å². The van der Waals surface area contributed by atoms with Gasteiger partial charge in [0.15, 0.2) is 0 Å². The van der Waals surface area contributed by atoms with Crippen LogP contribution in [-0.2, 0) is 26.1 Å². The maximum absolute atomic E-state index is 13.0. The summed E-state index contributed by atoms with van der Waals surface area (Å²) < 4.78 is 46.0. The summed E-state index contributed by atoms with van der Waals surface area (Å²) in [4.78, 5) is 26.5. The predicted molar refractivity (Wildman–Crippen MR) is 124 cm³/mol. The van der Waals surface area contributed by atoms with Gasteiger partial charge in [-0.05, 0) is 30.3 Å². The van der Waals surface area contributed by atoms with E-state index >= 15 is 0 Å². The minimum Gasteiger partial charge on any atom is -0.497 e. The largest absolute Gasteiger partial charge is 0.497 e. The molecular formula is C21H23N3O7S2. The van der Waals surface area contributed by atoms with Gasteiger partial charge in [0.25, 0.3) is 10.0 Å².